The van der Waals surface area contributed by atoms with Crippen LogP contribution in [0.25, 0.3) is 0 Å². The van der Waals surface area contributed by atoms with Crippen molar-refractivity contribution in [2.45, 2.75) is 43.2 Å². The quantitative estimate of drug-likeness (QED) is 0.758. The van der Waals surface area contributed by atoms with Crippen LogP contribution in [0, 0.1) is 5.41 Å². The summed E-state index contributed by atoms with van der Waals surface area (Å²) in [5.41, 5.74) is 2.34. The number of rotatable bonds is 4. The normalized spacial score (nSPS) is 29.8. The van der Waals surface area contributed by atoms with E-state index >= 15 is 0 Å². The Labute approximate surface area is 156 Å². The number of aliphatic hydroxyl groups is 2. The molecule has 0 radical (unpaired) electrons. The van der Waals surface area contributed by atoms with E-state index < -0.39 is 6.10 Å². The van der Waals surface area contributed by atoms with Gasteiger partial charge in [-0.2, -0.15) is 0 Å². The van der Waals surface area contributed by atoms with Crippen molar-refractivity contribution in [3.05, 3.63) is 35.4 Å². The van der Waals surface area contributed by atoms with Crippen LogP contribution in [0.4, 0.5) is 0 Å². The molecule has 144 valence electrons. The molecule has 1 aliphatic carbocycles. The summed E-state index contributed by atoms with van der Waals surface area (Å²) in [6.07, 6.45) is 3.33. The third-order valence-electron chi connectivity index (χ3n) is 7.13. The molecule has 1 aromatic rings. The van der Waals surface area contributed by atoms with Crippen LogP contribution in [0.2, 0.25) is 0 Å². The number of hydrogen-bond donors (Lipinski definition) is 3. The average molecular weight is 360 g/mol. The van der Waals surface area contributed by atoms with Gasteiger partial charge in [0.2, 0.25) is 0 Å². The van der Waals surface area contributed by atoms with Crippen molar-refractivity contribution in [1.29, 1.82) is 0 Å². The molecule has 5 heteroatoms. The largest absolute Gasteiger partial charge is 0.396 e. The summed E-state index contributed by atoms with van der Waals surface area (Å²) in [6, 6.07) is 8.59. The molecular weight excluding hydrogens is 328 g/mol. The maximum absolute atomic E-state index is 11.5. The Bertz CT molecular complexity index is 623. The van der Waals surface area contributed by atoms with Gasteiger partial charge in [-0.25, -0.2) is 0 Å². The maximum Gasteiger partial charge on any atom is 0.0834 e. The van der Waals surface area contributed by atoms with Gasteiger partial charge in [0.25, 0.3) is 0 Å². The molecule has 0 amide bonds. The molecule has 2 atom stereocenters. The fourth-order valence-electron chi connectivity index (χ4n) is 5.55. The van der Waals surface area contributed by atoms with Crippen molar-refractivity contribution in [2.75, 3.05) is 46.5 Å². The third kappa shape index (κ3) is 2.90. The first-order chi connectivity index (χ1) is 12.6. The summed E-state index contributed by atoms with van der Waals surface area (Å²) < 4.78 is 5.52. The summed E-state index contributed by atoms with van der Waals surface area (Å²) in [4.78, 5) is 2.29. The molecule has 3 N–H and O–H groups in total. The van der Waals surface area contributed by atoms with Crippen LogP contribution in [-0.2, 0) is 10.2 Å². The lowest BCUT2D eigenvalue weighted by atomic mass is 9.72. The van der Waals surface area contributed by atoms with E-state index in [-0.39, 0.29) is 23.5 Å². The molecule has 2 saturated heterocycles. The number of likely N-dealkylation sites (N-methyl/N-ethyl adjacent to an activating group) is 1. The van der Waals surface area contributed by atoms with E-state index in [1.807, 2.05) is 0 Å². The monoisotopic (exact) mass is 360 g/mol. The zero-order valence-corrected chi connectivity index (χ0v) is 15.8. The maximum atomic E-state index is 11.5. The molecule has 0 unspecified atom stereocenters. The molecule has 2 heterocycles. The number of ether oxygens (including phenoxy) is 1. The molecule has 1 aromatic carbocycles. The second-order valence-electron chi connectivity index (χ2n) is 8.57. The molecule has 2 fully saturated rings. The molecule has 4 rings (SSSR count). The average Bonchev–Trinajstić information content (AvgIpc) is 2.92. The third-order valence-corrected chi connectivity index (χ3v) is 7.13. The topological polar surface area (TPSA) is 65.0 Å². The number of aliphatic hydroxyl groups excluding tert-OH is 2. The summed E-state index contributed by atoms with van der Waals surface area (Å²) >= 11 is 0. The van der Waals surface area contributed by atoms with Gasteiger partial charge in [0.1, 0.15) is 0 Å². The van der Waals surface area contributed by atoms with Crippen LogP contribution in [-0.4, -0.2) is 67.7 Å². The minimum Gasteiger partial charge on any atom is -0.396 e. The van der Waals surface area contributed by atoms with E-state index in [1.165, 1.54) is 11.1 Å². The van der Waals surface area contributed by atoms with Crippen molar-refractivity contribution in [1.82, 2.24) is 10.2 Å². The Balaban J connectivity index is 1.63. The highest BCUT2D eigenvalue weighted by molar-refractivity contribution is 5.45. The molecule has 2 aliphatic heterocycles. The lowest BCUT2D eigenvalue weighted by Crippen LogP contribution is -2.50. The van der Waals surface area contributed by atoms with Gasteiger partial charge in [0.05, 0.1) is 18.8 Å². The van der Waals surface area contributed by atoms with Crippen molar-refractivity contribution in [3.63, 3.8) is 0 Å². The molecule has 0 bridgehead atoms. The van der Waals surface area contributed by atoms with Crippen molar-refractivity contribution < 1.29 is 14.9 Å². The smallest absolute Gasteiger partial charge is 0.0834 e. The van der Waals surface area contributed by atoms with Gasteiger partial charge < -0.3 is 20.3 Å². The number of hydrogen-bond acceptors (Lipinski definition) is 5. The number of piperidine rings is 1. The van der Waals surface area contributed by atoms with Crippen LogP contribution in [0.5, 0.6) is 0 Å². The lowest BCUT2D eigenvalue weighted by molar-refractivity contribution is -0.0547. The van der Waals surface area contributed by atoms with Crippen LogP contribution in [0.15, 0.2) is 24.3 Å². The van der Waals surface area contributed by atoms with Crippen molar-refractivity contribution in [2.24, 2.45) is 5.41 Å². The first-order valence-electron chi connectivity index (χ1n) is 9.99. The van der Waals surface area contributed by atoms with Gasteiger partial charge in [0.15, 0.2) is 0 Å². The molecule has 0 aromatic heterocycles. The minimum atomic E-state index is -0.400. The van der Waals surface area contributed by atoms with Crippen LogP contribution in [0.1, 0.15) is 42.9 Å². The van der Waals surface area contributed by atoms with Crippen LogP contribution >= 0.6 is 0 Å². The molecular formula is C21H32N2O3. The molecule has 5 nitrogen and oxygen atoms in total. The zero-order valence-electron chi connectivity index (χ0n) is 15.8. The molecule has 1 spiro atoms. The summed E-state index contributed by atoms with van der Waals surface area (Å²) in [5, 5.41) is 25.0. The van der Waals surface area contributed by atoms with E-state index in [4.69, 9.17) is 4.74 Å². The first kappa shape index (κ1) is 18.4. The Morgan fingerprint density at radius 1 is 1.15 bits per heavy atom. The number of benzene rings is 1. The van der Waals surface area contributed by atoms with E-state index in [0.717, 1.165) is 45.3 Å². The van der Waals surface area contributed by atoms with Crippen LogP contribution in [0.3, 0.4) is 0 Å². The summed E-state index contributed by atoms with van der Waals surface area (Å²) in [6.45, 7) is 4.32. The number of nitrogens with zero attached hydrogens (tertiary/aromatic N) is 1. The van der Waals surface area contributed by atoms with Crippen molar-refractivity contribution >= 4 is 0 Å². The highest BCUT2D eigenvalue weighted by Gasteiger charge is 2.53. The Kier molecular flexibility index (Phi) is 5.10. The fraction of sp³-hybridized carbons (Fsp3) is 0.714. The predicted octanol–water partition coefficient (Wildman–Crippen LogP) is 1.44. The standard InChI is InChI=1S/C21H32N2O3/c1-23(14-20(15-24)8-12-26-13-9-20)18-16-4-2-3-5-17(16)21(19(18)25)6-10-22-11-7-21/h2-5,18-19,22,24-25H,6-15H2,1H3/t18-,19+/m1/s1. The molecule has 0 saturated carbocycles. The Morgan fingerprint density at radius 2 is 1.85 bits per heavy atom. The number of fused-ring (bicyclic) bond motifs is 2. The second kappa shape index (κ2) is 7.21. The molecule has 3 aliphatic rings. The minimum absolute atomic E-state index is 0.00410. The summed E-state index contributed by atoms with van der Waals surface area (Å²) in [5.74, 6) is 0. The van der Waals surface area contributed by atoms with E-state index in [2.05, 4.69) is 41.5 Å². The van der Waals surface area contributed by atoms with E-state index in [1.54, 1.807) is 0 Å². The highest BCUT2D eigenvalue weighted by atomic mass is 16.5. The lowest BCUT2D eigenvalue weighted by Gasteiger charge is -2.43. The zero-order chi connectivity index (χ0) is 18.2. The van der Waals surface area contributed by atoms with Crippen LogP contribution < -0.4 is 5.32 Å². The SMILES string of the molecule is CN(CC1(CO)CCOCC1)[C@@H]1c2ccccc2C2(CCNCC2)[C@H]1O. The van der Waals surface area contributed by atoms with E-state index in [0.29, 0.717) is 13.2 Å². The van der Waals surface area contributed by atoms with Gasteiger partial charge in [-0.15, -0.1) is 0 Å². The van der Waals surface area contributed by atoms with E-state index in [9.17, 15) is 10.2 Å². The van der Waals surface area contributed by atoms with Gasteiger partial charge in [-0.3, -0.25) is 4.90 Å². The fourth-order valence-corrected chi connectivity index (χ4v) is 5.55. The van der Waals surface area contributed by atoms with Gasteiger partial charge in [-0.05, 0) is 56.9 Å². The predicted molar refractivity (Wildman–Crippen MR) is 101 cm³/mol. The molecule has 26 heavy (non-hydrogen) atoms. The summed E-state index contributed by atoms with van der Waals surface area (Å²) in [7, 11) is 2.11. The van der Waals surface area contributed by atoms with Gasteiger partial charge >= 0.3 is 0 Å². The number of nitrogens with one attached hydrogen (secondary N) is 1. The first-order valence-corrected chi connectivity index (χ1v) is 9.99. The second-order valence-corrected chi connectivity index (χ2v) is 8.57. The Morgan fingerprint density at radius 3 is 2.54 bits per heavy atom. The van der Waals surface area contributed by atoms with Gasteiger partial charge in [-0.1, -0.05) is 24.3 Å². The highest BCUT2D eigenvalue weighted by Crippen LogP contribution is 2.52. The Hall–Kier alpha value is -0.980. The van der Waals surface area contributed by atoms with Crippen molar-refractivity contribution in [3.8, 4) is 0 Å². The van der Waals surface area contributed by atoms with Gasteiger partial charge in [0, 0.05) is 30.6 Å².